The lowest BCUT2D eigenvalue weighted by molar-refractivity contribution is 0.458. The van der Waals surface area contributed by atoms with Crippen molar-refractivity contribution in [2.24, 2.45) is 0 Å². The second-order valence-corrected chi connectivity index (χ2v) is 5.79. The third-order valence-electron chi connectivity index (χ3n) is 3.61. The Morgan fingerprint density at radius 2 is 2.05 bits per heavy atom. The van der Waals surface area contributed by atoms with Crippen LogP contribution in [0.15, 0.2) is 24.3 Å². The van der Waals surface area contributed by atoms with E-state index in [1.807, 2.05) is 13.0 Å². The van der Waals surface area contributed by atoms with E-state index in [1.165, 1.54) is 22.2 Å². The van der Waals surface area contributed by atoms with E-state index in [0.29, 0.717) is 0 Å². The van der Waals surface area contributed by atoms with Crippen LogP contribution in [0.3, 0.4) is 0 Å². The number of aryl methyl sites for hydroxylation is 1. The Hall–Kier alpha value is -1.79. The molecule has 2 aromatic rings. The monoisotopic (exact) mass is 255 g/mol. The van der Waals surface area contributed by atoms with Crippen LogP contribution in [0.5, 0.6) is 0 Å². The van der Waals surface area contributed by atoms with Gasteiger partial charge < -0.3 is 10.3 Å². The lowest BCUT2D eigenvalue weighted by Gasteiger charge is -2.27. The van der Waals surface area contributed by atoms with Crippen LogP contribution < -0.4 is 5.32 Å². The van der Waals surface area contributed by atoms with Crippen LogP contribution >= 0.6 is 0 Å². The van der Waals surface area contributed by atoms with Crippen molar-refractivity contribution >= 4 is 10.9 Å². The molecule has 0 saturated heterocycles. The number of nitrogens with zero attached hydrogens (tertiary/aromatic N) is 1. The van der Waals surface area contributed by atoms with Gasteiger partial charge in [-0.05, 0) is 25.5 Å². The zero-order valence-corrected chi connectivity index (χ0v) is 12.0. The van der Waals surface area contributed by atoms with E-state index in [2.05, 4.69) is 55.3 Å². The fourth-order valence-electron chi connectivity index (χ4n) is 2.69. The fourth-order valence-corrected chi connectivity index (χ4v) is 2.69. The zero-order chi connectivity index (χ0) is 14.0. The van der Waals surface area contributed by atoms with E-state index in [4.69, 9.17) is 5.26 Å². The van der Waals surface area contributed by atoms with Gasteiger partial charge in [0.05, 0.1) is 12.1 Å². The summed E-state index contributed by atoms with van der Waals surface area (Å²) in [6, 6.07) is 10.5. The number of benzene rings is 1. The van der Waals surface area contributed by atoms with E-state index in [1.54, 1.807) is 0 Å². The molecule has 0 bridgehead atoms. The van der Waals surface area contributed by atoms with Crippen LogP contribution in [-0.2, 0) is 5.41 Å². The van der Waals surface area contributed by atoms with Crippen molar-refractivity contribution < 1.29 is 0 Å². The molecule has 1 unspecified atom stereocenters. The van der Waals surface area contributed by atoms with Gasteiger partial charge in [-0.25, -0.2) is 0 Å². The molecule has 2 rings (SSSR count). The standard InChI is InChI=1S/C16H21N3/c1-11(9-17)18-10-16(3,4)15-12(2)19-14-8-6-5-7-13(14)15/h5-8,11,18-19H,10H2,1-4H3. The van der Waals surface area contributed by atoms with E-state index >= 15 is 0 Å². The second kappa shape index (κ2) is 5.07. The highest BCUT2D eigenvalue weighted by Crippen LogP contribution is 2.32. The van der Waals surface area contributed by atoms with Gasteiger partial charge in [0.1, 0.15) is 0 Å². The number of nitrogens with one attached hydrogen (secondary N) is 2. The number of aromatic amines is 1. The van der Waals surface area contributed by atoms with Crippen LogP contribution in [0.25, 0.3) is 10.9 Å². The molecule has 0 amide bonds. The summed E-state index contributed by atoms with van der Waals surface area (Å²) >= 11 is 0. The van der Waals surface area contributed by atoms with Gasteiger partial charge in [-0.3, -0.25) is 0 Å². The number of aromatic nitrogens is 1. The summed E-state index contributed by atoms with van der Waals surface area (Å²) in [5, 5.41) is 13.4. The molecule has 1 aromatic carbocycles. The number of nitriles is 1. The number of fused-ring (bicyclic) bond motifs is 1. The molecule has 1 aromatic heterocycles. The summed E-state index contributed by atoms with van der Waals surface area (Å²) in [6.07, 6.45) is 0. The van der Waals surface area contributed by atoms with Gasteiger partial charge in [0.15, 0.2) is 0 Å². The maximum Gasteiger partial charge on any atom is 0.0924 e. The molecular formula is C16H21N3. The van der Waals surface area contributed by atoms with Gasteiger partial charge >= 0.3 is 0 Å². The minimum atomic E-state index is -0.121. The zero-order valence-electron chi connectivity index (χ0n) is 12.0. The van der Waals surface area contributed by atoms with Crippen LogP contribution in [0.4, 0.5) is 0 Å². The Balaban J connectivity index is 2.37. The van der Waals surface area contributed by atoms with E-state index in [0.717, 1.165) is 6.54 Å². The maximum absolute atomic E-state index is 8.87. The molecule has 3 nitrogen and oxygen atoms in total. The molecule has 1 heterocycles. The average molecular weight is 255 g/mol. The molecule has 100 valence electrons. The Bertz CT molecular complexity index is 616. The molecule has 0 spiro atoms. The number of hydrogen-bond acceptors (Lipinski definition) is 2. The molecule has 0 aliphatic heterocycles. The summed E-state index contributed by atoms with van der Waals surface area (Å²) in [4.78, 5) is 3.44. The number of para-hydroxylation sites is 1. The van der Waals surface area contributed by atoms with Crippen molar-refractivity contribution in [3.05, 3.63) is 35.5 Å². The van der Waals surface area contributed by atoms with Crippen LogP contribution in [0.2, 0.25) is 0 Å². The van der Waals surface area contributed by atoms with E-state index < -0.39 is 0 Å². The third kappa shape index (κ3) is 2.64. The fraction of sp³-hybridized carbons (Fsp3) is 0.438. The summed E-state index contributed by atoms with van der Waals surface area (Å²) in [6.45, 7) is 9.22. The first-order valence-electron chi connectivity index (χ1n) is 6.66. The van der Waals surface area contributed by atoms with Crippen LogP contribution in [0, 0.1) is 18.3 Å². The summed E-state index contributed by atoms with van der Waals surface area (Å²) in [5.74, 6) is 0. The molecule has 0 fully saturated rings. The molecule has 3 heteroatoms. The Morgan fingerprint density at radius 3 is 2.74 bits per heavy atom. The van der Waals surface area contributed by atoms with Crippen LogP contribution in [-0.4, -0.2) is 17.6 Å². The predicted molar refractivity (Wildman–Crippen MR) is 79.1 cm³/mol. The summed E-state index contributed by atoms with van der Waals surface area (Å²) < 4.78 is 0. The first-order chi connectivity index (χ1) is 8.95. The highest BCUT2D eigenvalue weighted by molar-refractivity contribution is 5.85. The highest BCUT2D eigenvalue weighted by Gasteiger charge is 2.26. The smallest absolute Gasteiger partial charge is 0.0924 e. The van der Waals surface area contributed by atoms with Crippen molar-refractivity contribution in [3.63, 3.8) is 0 Å². The van der Waals surface area contributed by atoms with Gasteiger partial charge in [0.2, 0.25) is 0 Å². The first kappa shape index (κ1) is 13.6. The SMILES string of the molecule is Cc1[nH]c2ccccc2c1C(C)(C)CNC(C)C#N. The number of hydrogen-bond donors (Lipinski definition) is 2. The largest absolute Gasteiger partial charge is 0.358 e. The van der Waals surface area contributed by atoms with Gasteiger partial charge in [0, 0.05) is 28.6 Å². The average Bonchev–Trinajstić information content (AvgIpc) is 2.72. The van der Waals surface area contributed by atoms with Crippen LogP contribution in [0.1, 0.15) is 32.0 Å². The normalized spacial score (nSPS) is 13.4. The quantitative estimate of drug-likeness (QED) is 0.881. The Labute approximate surface area is 114 Å². The predicted octanol–water partition coefficient (Wildman–Crippen LogP) is 3.26. The van der Waals surface area contributed by atoms with E-state index in [9.17, 15) is 0 Å². The molecule has 2 N–H and O–H groups in total. The Morgan fingerprint density at radius 1 is 1.37 bits per heavy atom. The van der Waals surface area contributed by atoms with E-state index in [-0.39, 0.29) is 11.5 Å². The minimum absolute atomic E-state index is 0.0191. The Kier molecular flexibility index (Phi) is 3.64. The first-order valence-corrected chi connectivity index (χ1v) is 6.66. The highest BCUT2D eigenvalue weighted by atomic mass is 14.9. The third-order valence-corrected chi connectivity index (χ3v) is 3.61. The molecule has 0 aliphatic carbocycles. The summed E-state index contributed by atoms with van der Waals surface area (Å²) in [5.41, 5.74) is 3.70. The lowest BCUT2D eigenvalue weighted by Crippen LogP contribution is -2.37. The molecule has 19 heavy (non-hydrogen) atoms. The molecule has 1 atom stereocenters. The van der Waals surface area contributed by atoms with Gasteiger partial charge in [-0.15, -0.1) is 0 Å². The van der Waals surface area contributed by atoms with Crippen molar-refractivity contribution in [2.45, 2.75) is 39.2 Å². The van der Waals surface area contributed by atoms with Crippen molar-refractivity contribution in [3.8, 4) is 6.07 Å². The molecule has 0 radical (unpaired) electrons. The van der Waals surface area contributed by atoms with Crippen molar-refractivity contribution in [2.75, 3.05) is 6.54 Å². The number of rotatable bonds is 4. The molecular weight excluding hydrogens is 234 g/mol. The molecule has 0 saturated carbocycles. The minimum Gasteiger partial charge on any atom is -0.358 e. The molecule has 0 aliphatic rings. The summed E-state index contributed by atoms with van der Waals surface area (Å²) in [7, 11) is 0. The number of H-pyrrole nitrogens is 1. The maximum atomic E-state index is 8.87. The van der Waals surface area contributed by atoms with Gasteiger partial charge in [-0.1, -0.05) is 32.0 Å². The lowest BCUT2D eigenvalue weighted by atomic mass is 9.82. The van der Waals surface area contributed by atoms with Gasteiger partial charge in [-0.2, -0.15) is 5.26 Å². The van der Waals surface area contributed by atoms with Crippen molar-refractivity contribution in [1.29, 1.82) is 5.26 Å². The van der Waals surface area contributed by atoms with Crippen molar-refractivity contribution in [1.82, 2.24) is 10.3 Å². The second-order valence-electron chi connectivity index (χ2n) is 5.79. The topological polar surface area (TPSA) is 51.6 Å². The van der Waals surface area contributed by atoms with Gasteiger partial charge in [0.25, 0.3) is 0 Å².